The lowest BCUT2D eigenvalue weighted by atomic mass is 10.1. The van der Waals surface area contributed by atoms with Crippen molar-refractivity contribution in [3.63, 3.8) is 0 Å². The lowest BCUT2D eigenvalue weighted by molar-refractivity contribution is 0.185. The van der Waals surface area contributed by atoms with Crippen molar-refractivity contribution in [2.75, 3.05) is 19.5 Å². The summed E-state index contributed by atoms with van der Waals surface area (Å²) in [6, 6.07) is 3.81. The van der Waals surface area contributed by atoms with Crippen molar-refractivity contribution >= 4 is 16.5 Å². The van der Waals surface area contributed by atoms with Gasteiger partial charge in [-0.25, -0.2) is 4.98 Å². The molecular weight excluding hydrogens is 274 g/mol. The number of nitrogens with zero attached hydrogens (tertiary/aromatic N) is 2. The van der Waals surface area contributed by atoms with Gasteiger partial charge in [0.05, 0.1) is 17.9 Å². The molecule has 0 atom stereocenters. The Hall–Kier alpha value is -1.66. The second kappa shape index (κ2) is 6.19. The number of ether oxygens (including phenoxy) is 1. The molecule has 0 radical (unpaired) electrons. The van der Waals surface area contributed by atoms with Gasteiger partial charge in [0.25, 0.3) is 5.56 Å². The highest BCUT2D eigenvalue weighted by atomic mass is 32.1. The molecule has 2 rings (SSSR count). The first kappa shape index (κ1) is 14.7. The van der Waals surface area contributed by atoms with Crippen LogP contribution < -0.4 is 11.3 Å². The second-order valence-corrected chi connectivity index (χ2v) is 5.74. The van der Waals surface area contributed by atoms with Gasteiger partial charge in [-0.3, -0.25) is 4.79 Å². The SMILES string of the molecule is COCCn1c(C(C)C)ccc(-c2csc(N)n2)c1=O. The van der Waals surface area contributed by atoms with Gasteiger partial charge in [0.2, 0.25) is 0 Å². The number of pyridine rings is 1. The number of aromatic nitrogens is 2. The number of nitrogen functional groups attached to an aromatic ring is 1. The van der Waals surface area contributed by atoms with E-state index in [1.165, 1.54) is 11.3 Å². The van der Waals surface area contributed by atoms with E-state index >= 15 is 0 Å². The third kappa shape index (κ3) is 2.91. The summed E-state index contributed by atoms with van der Waals surface area (Å²) < 4.78 is 6.85. The molecule has 0 unspecified atom stereocenters. The largest absolute Gasteiger partial charge is 0.383 e. The molecule has 0 aliphatic heterocycles. The molecule has 0 aromatic carbocycles. The minimum Gasteiger partial charge on any atom is -0.383 e. The number of nitrogens with two attached hydrogens (primary N) is 1. The van der Waals surface area contributed by atoms with Gasteiger partial charge in [-0.1, -0.05) is 13.8 Å². The molecule has 0 aliphatic rings. The molecule has 0 spiro atoms. The molecule has 2 heterocycles. The van der Waals surface area contributed by atoms with Gasteiger partial charge in [0.15, 0.2) is 5.13 Å². The molecule has 0 bridgehead atoms. The van der Waals surface area contributed by atoms with Gasteiger partial charge in [0.1, 0.15) is 0 Å². The zero-order valence-corrected chi connectivity index (χ0v) is 12.7. The highest BCUT2D eigenvalue weighted by Gasteiger charge is 2.14. The van der Waals surface area contributed by atoms with Crippen molar-refractivity contribution in [1.29, 1.82) is 0 Å². The number of anilines is 1. The summed E-state index contributed by atoms with van der Waals surface area (Å²) in [5, 5.41) is 2.28. The van der Waals surface area contributed by atoms with Crippen molar-refractivity contribution in [1.82, 2.24) is 9.55 Å². The summed E-state index contributed by atoms with van der Waals surface area (Å²) in [5.41, 5.74) is 7.82. The van der Waals surface area contributed by atoms with Crippen LogP contribution in [-0.2, 0) is 11.3 Å². The van der Waals surface area contributed by atoms with Crippen molar-refractivity contribution < 1.29 is 4.74 Å². The van der Waals surface area contributed by atoms with Crippen LogP contribution in [0.1, 0.15) is 25.5 Å². The summed E-state index contributed by atoms with van der Waals surface area (Å²) in [6.45, 7) is 5.18. The van der Waals surface area contributed by atoms with Gasteiger partial charge >= 0.3 is 0 Å². The molecule has 108 valence electrons. The summed E-state index contributed by atoms with van der Waals surface area (Å²) in [5.74, 6) is 0.272. The Labute approximate surface area is 122 Å². The first-order valence-electron chi connectivity index (χ1n) is 6.48. The Kier molecular flexibility index (Phi) is 4.57. The average Bonchev–Trinajstić information content (AvgIpc) is 2.83. The minimum absolute atomic E-state index is 0.0430. The highest BCUT2D eigenvalue weighted by Crippen LogP contribution is 2.22. The van der Waals surface area contributed by atoms with Crippen LogP contribution in [0.25, 0.3) is 11.3 Å². The van der Waals surface area contributed by atoms with Gasteiger partial charge in [-0.2, -0.15) is 0 Å². The van der Waals surface area contributed by atoms with Crippen molar-refractivity contribution in [3.05, 3.63) is 33.6 Å². The van der Waals surface area contributed by atoms with Gasteiger partial charge in [-0.05, 0) is 18.1 Å². The van der Waals surface area contributed by atoms with Crippen LogP contribution in [0.5, 0.6) is 0 Å². The van der Waals surface area contributed by atoms with Crippen LogP contribution >= 0.6 is 11.3 Å². The number of hydrogen-bond donors (Lipinski definition) is 1. The molecule has 0 aliphatic carbocycles. The molecule has 6 heteroatoms. The Balaban J connectivity index is 2.53. The van der Waals surface area contributed by atoms with Crippen molar-refractivity contribution in [2.45, 2.75) is 26.3 Å². The molecular formula is C14H19N3O2S. The molecule has 0 saturated carbocycles. The van der Waals surface area contributed by atoms with E-state index in [0.717, 1.165) is 5.69 Å². The van der Waals surface area contributed by atoms with Gasteiger partial charge in [-0.15, -0.1) is 11.3 Å². The first-order valence-corrected chi connectivity index (χ1v) is 7.36. The minimum atomic E-state index is -0.0430. The maximum absolute atomic E-state index is 12.6. The van der Waals surface area contributed by atoms with E-state index in [9.17, 15) is 4.79 Å². The van der Waals surface area contributed by atoms with Crippen LogP contribution in [-0.4, -0.2) is 23.3 Å². The fourth-order valence-corrected chi connectivity index (χ4v) is 2.68. The quantitative estimate of drug-likeness (QED) is 0.918. The van der Waals surface area contributed by atoms with Crippen LogP contribution in [0.15, 0.2) is 22.3 Å². The van der Waals surface area contributed by atoms with Gasteiger partial charge in [0, 0.05) is 24.7 Å². The average molecular weight is 293 g/mol. The molecule has 5 nitrogen and oxygen atoms in total. The maximum atomic E-state index is 12.6. The molecule has 20 heavy (non-hydrogen) atoms. The fourth-order valence-electron chi connectivity index (χ4n) is 2.12. The Morgan fingerprint density at radius 3 is 2.75 bits per heavy atom. The van der Waals surface area contributed by atoms with Crippen LogP contribution in [0.3, 0.4) is 0 Å². The van der Waals surface area contributed by atoms with Gasteiger partial charge < -0.3 is 15.0 Å². The summed E-state index contributed by atoms with van der Waals surface area (Å²) >= 11 is 1.34. The zero-order chi connectivity index (χ0) is 14.7. The van der Waals surface area contributed by atoms with E-state index in [2.05, 4.69) is 18.8 Å². The van der Waals surface area contributed by atoms with E-state index in [4.69, 9.17) is 10.5 Å². The standard InChI is InChI=1S/C14H19N3O2S/c1-9(2)12-5-4-10(11-8-20-14(15)16-11)13(18)17(12)6-7-19-3/h4-5,8-9H,6-7H2,1-3H3,(H2,15,16). The first-order chi connectivity index (χ1) is 9.54. The summed E-state index contributed by atoms with van der Waals surface area (Å²) in [7, 11) is 1.63. The number of hydrogen-bond acceptors (Lipinski definition) is 5. The van der Waals surface area contributed by atoms with E-state index in [0.29, 0.717) is 29.5 Å². The third-order valence-electron chi connectivity index (χ3n) is 3.12. The Morgan fingerprint density at radius 1 is 1.45 bits per heavy atom. The molecule has 2 N–H and O–H groups in total. The van der Waals surface area contributed by atoms with E-state index in [-0.39, 0.29) is 11.5 Å². The Bertz CT molecular complexity index is 646. The number of methoxy groups -OCH3 is 1. The number of rotatable bonds is 5. The topological polar surface area (TPSA) is 70.1 Å². The monoisotopic (exact) mass is 293 g/mol. The smallest absolute Gasteiger partial charge is 0.260 e. The molecule has 0 amide bonds. The lowest BCUT2D eigenvalue weighted by Gasteiger charge is -2.16. The number of thiazole rings is 1. The highest BCUT2D eigenvalue weighted by molar-refractivity contribution is 7.13. The van der Waals surface area contributed by atoms with Crippen LogP contribution in [0.2, 0.25) is 0 Å². The van der Waals surface area contributed by atoms with E-state index in [1.54, 1.807) is 11.7 Å². The van der Waals surface area contributed by atoms with E-state index < -0.39 is 0 Å². The second-order valence-electron chi connectivity index (χ2n) is 4.85. The van der Waals surface area contributed by atoms with Crippen molar-refractivity contribution in [2.24, 2.45) is 0 Å². The van der Waals surface area contributed by atoms with Crippen LogP contribution in [0, 0.1) is 0 Å². The maximum Gasteiger partial charge on any atom is 0.260 e. The predicted octanol–water partition coefficient (Wildman–Crippen LogP) is 2.32. The molecule has 0 fully saturated rings. The molecule has 2 aromatic rings. The predicted molar refractivity (Wildman–Crippen MR) is 82.2 cm³/mol. The Morgan fingerprint density at radius 2 is 2.20 bits per heavy atom. The summed E-state index contributed by atoms with van der Waals surface area (Å²) in [6.07, 6.45) is 0. The fraction of sp³-hybridized carbons (Fsp3) is 0.429. The van der Waals surface area contributed by atoms with Crippen molar-refractivity contribution in [3.8, 4) is 11.3 Å². The van der Waals surface area contributed by atoms with E-state index in [1.807, 2.05) is 17.5 Å². The molecule has 0 saturated heterocycles. The summed E-state index contributed by atoms with van der Waals surface area (Å²) in [4.78, 5) is 16.8. The zero-order valence-electron chi connectivity index (χ0n) is 11.9. The molecule has 2 aromatic heterocycles. The lowest BCUT2D eigenvalue weighted by Crippen LogP contribution is -2.27. The normalized spacial score (nSPS) is 11.2. The third-order valence-corrected chi connectivity index (χ3v) is 3.79. The van der Waals surface area contributed by atoms with Crippen LogP contribution in [0.4, 0.5) is 5.13 Å².